The van der Waals surface area contributed by atoms with E-state index in [1.807, 2.05) is 0 Å². The first-order chi connectivity index (χ1) is 15.0. The summed E-state index contributed by atoms with van der Waals surface area (Å²) in [5.41, 5.74) is 7.02. The molecular weight excluding hydrogens is 400 g/mol. The lowest BCUT2D eigenvalue weighted by Gasteiger charge is -2.65. The molecule has 0 aromatic carbocycles. The number of nitrogens with one attached hydrogen (secondary N) is 1. The van der Waals surface area contributed by atoms with Gasteiger partial charge >= 0.3 is 6.03 Å². The van der Waals surface area contributed by atoms with Crippen LogP contribution in [-0.2, 0) is 4.79 Å². The van der Waals surface area contributed by atoms with Gasteiger partial charge in [0, 0.05) is 12.0 Å². The third kappa shape index (κ3) is 3.05. The van der Waals surface area contributed by atoms with Gasteiger partial charge in [-0.2, -0.15) is 0 Å². The molecule has 0 bridgehead atoms. The van der Waals surface area contributed by atoms with Crippen molar-refractivity contribution in [1.82, 2.24) is 5.32 Å². The van der Waals surface area contributed by atoms with E-state index in [-0.39, 0.29) is 40.2 Å². The van der Waals surface area contributed by atoms with Crippen molar-refractivity contribution in [2.45, 2.75) is 97.6 Å². The van der Waals surface area contributed by atoms with E-state index in [1.54, 1.807) is 0 Å². The van der Waals surface area contributed by atoms with Gasteiger partial charge in [-0.15, -0.1) is 0 Å². The van der Waals surface area contributed by atoms with E-state index in [1.165, 1.54) is 18.4 Å². The van der Waals surface area contributed by atoms with Crippen molar-refractivity contribution in [2.75, 3.05) is 0 Å². The molecule has 10 unspecified atom stereocenters. The highest BCUT2D eigenvalue weighted by Gasteiger charge is 2.64. The predicted octanol–water partition coefficient (Wildman–Crippen LogP) is 4.58. The molecule has 0 aromatic rings. The normalized spacial score (nSPS) is 52.6. The summed E-state index contributed by atoms with van der Waals surface area (Å²) < 4.78 is 0. The average Bonchev–Trinajstić information content (AvgIpc) is 2.70. The third-order valence-electron chi connectivity index (χ3n) is 11.4. The number of carbonyl (C=O) groups excluding carboxylic acids is 2. The van der Waals surface area contributed by atoms with E-state index in [9.17, 15) is 14.7 Å². The van der Waals surface area contributed by atoms with Crippen LogP contribution in [0.2, 0.25) is 0 Å². The lowest BCUT2D eigenvalue weighted by atomic mass is 9.38. The molecule has 2 amide bonds. The van der Waals surface area contributed by atoms with Crippen molar-refractivity contribution in [3.63, 3.8) is 0 Å². The highest BCUT2D eigenvalue weighted by Crippen LogP contribution is 2.69. The summed E-state index contributed by atoms with van der Waals surface area (Å²) >= 11 is 0. The van der Waals surface area contributed by atoms with Gasteiger partial charge in [0.15, 0.2) is 5.78 Å². The molecule has 5 aliphatic rings. The van der Waals surface area contributed by atoms with Gasteiger partial charge < -0.3 is 16.2 Å². The van der Waals surface area contributed by atoms with E-state index in [0.29, 0.717) is 23.5 Å². The van der Waals surface area contributed by atoms with Crippen molar-refractivity contribution >= 4 is 11.8 Å². The van der Waals surface area contributed by atoms with E-state index in [4.69, 9.17) is 5.73 Å². The number of carbonyl (C=O) groups is 2. The molecule has 32 heavy (non-hydrogen) atoms. The molecule has 5 heteroatoms. The Morgan fingerprint density at radius 1 is 1.03 bits per heavy atom. The van der Waals surface area contributed by atoms with Crippen LogP contribution < -0.4 is 11.1 Å². The molecule has 0 saturated heterocycles. The maximum Gasteiger partial charge on any atom is 0.312 e. The van der Waals surface area contributed by atoms with Crippen LogP contribution in [0, 0.1) is 45.8 Å². The van der Waals surface area contributed by atoms with Gasteiger partial charge in [0.25, 0.3) is 0 Å². The fourth-order valence-corrected chi connectivity index (χ4v) is 9.69. The van der Waals surface area contributed by atoms with Gasteiger partial charge in [-0.25, -0.2) is 4.79 Å². The summed E-state index contributed by atoms with van der Waals surface area (Å²) in [6.07, 6.45) is 11.1. The number of urea groups is 1. The Kier molecular flexibility index (Phi) is 5.13. The predicted molar refractivity (Wildman–Crippen MR) is 125 cm³/mol. The molecule has 5 nitrogen and oxygen atoms in total. The van der Waals surface area contributed by atoms with Crippen LogP contribution in [0.5, 0.6) is 0 Å². The zero-order valence-electron chi connectivity index (χ0n) is 20.3. The summed E-state index contributed by atoms with van der Waals surface area (Å²) in [6.45, 7) is 9.37. The van der Waals surface area contributed by atoms with Gasteiger partial charge in [-0.1, -0.05) is 33.3 Å². The number of aliphatic hydroxyl groups is 1. The Morgan fingerprint density at radius 2 is 1.72 bits per heavy atom. The number of primary amides is 1. The Balaban J connectivity index is 1.52. The fraction of sp³-hybridized carbons (Fsp3) is 0.852. The highest BCUT2D eigenvalue weighted by molar-refractivity contribution is 5.95. The maximum atomic E-state index is 13.9. The minimum absolute atomic E-state index is 0.000180. The zero-order chi connectivity index (χ0) is 23.1. The quantitative estimate of drug-likeness (QED) is 0.555. The molecule has 0 heterocycles. The van der Waals surface area contributed by atoms with Crippen LogP contribution in [0.3, 0.4) is 0 Å². The summed E-state index contributed by atoms with van der Waals surface area (Å²) in [4.78, 5) is 25.5. The lowest BCUT2D eigenvalue weighted by molar-refractivity contribution is -0.168. The molecule has 0 aliphatic heterocycles. The highest BCUT2D eigenvalue weighted by atomic mass is 16.3. The Morgan fingerprint density at radius 3 is 2.44 bits per heavy atom. The monoisotopic (exact) mass is 442 g/mol. The van der Waals surface area contributed by atoms with Crippen molar-refractivity contribution in [3.05, 3.63) is 11.6 Å². The summed E-state index contributed by atoms with van der Waals surface area (Å²) in [5, 5.41) is 13.5. The first kappa shape index (κ1) is 22.4. The minimum Gasteiger partial charge on any atom is -0.393 e. The van der Waals surface area contributed by atoms with Crippen molar-refractivity contribution in [1.29, 1.82) is 0 Å². The number of hydrogen-bond donors (Lipinski definition) is 3. The Bertz CT molecular complexity index is 854. The fourth-order valence-electron chi connectivity index (χ4n) is 9.69. The number of fused-ring (bicyclic) bond motifs is 7. The topological polar surface area (TPSA) is 92.4 Å². The average molecular weight is 443 g/mol. The number of hydrogen-bond acceptors (Lipinski definition) is 3. The number of ketones is 1. The van der Waals surface area contributed by atoms with Crippen LogP contribution in [0.15, 0.2) is 11.6 Å². The Hall–Kier alpha value is -1.36. The molecule has 4 saturated carbocycles. The number of nitrogens with two attached hydrogens (primary N) is 1. The SMILES string of the molecule is CC1C(O)CCC2(C)C1CCC1(C)C3CCC4(C)CCC(NC(N)=O)CC4C3=CC(=O)C12. The van der Waals surface area contributed by atoms with Crippen LogP contribution >= 0.6 is 0 Å². The second-order valence-electron chi connectivity index (χ2n) is 12.9. The lowest BCUT2D eigenvalue weighted by Crippen LogP contribution is -2.62. The van der Waals surface area contributed by atoms with Crippen molar-refractivity contribution in [2.24, 2.45) is 51.6 Å². The van der Waals surface area contributed by atoms with Crippen LogP contribution in [0.25, 0.3) is 0 Å². The largest absolute Gasteiger partial charge is 0.393 e. The standard InChI is InChI=1S/C27H42N2O3/c1-15-18-7-11-27(4)19-6-10-25(2)9-5-16(29-24(28)32)13-20(25)17(19)14-22(31)23(27)26(18,3)12-8-21(15)30/h14-16,18-21,23,30H,5-13H2,1-4H3,(H3,28,29,32). The van der Waals surface area contributed by atoms with Crippen molar-refractivity contribution in [3.8, 4) is 0 Å². The minimum atomic E-state index is -0.438. The van der Waals surface area contributed by atoms with Gasteiger partial charge in [0.05, 0.1) is 6.10 Å². The van der Waals surface area contributed by atoms with Crippen molar-refractivity contribution < 1.29 is 14.7 Å². The number of rotatable bonds is 1. The van der Waals surface area contributed by atoms with E-state index < -0.39 is 6.03 Å². The number of amides is 2. The van der Waals surface area contributed by atoms with Gasteiger partial charge in [0.1, 0.15) is 0 Å². The van der Waals surface area contributed by atoms with E-state index >= 15 is 0 Å². The summed E-state index contributed by atoms with van der Waals surface area (Å²) in [5.74, 6) is 1.90. The summed E-state index contributed by atoms with van der Waals surface area (Å²) in [6, 6.07) is -0.327. The van der Waals surface area contributed by atoms with Crippen LogP contribution in [-0.4, -0.2) is 29.1 Å². The molecule has 0 radical (unpaired) electrons. The number of allylic oxidation sites excluding steroid dienone is 2. The van der Waals surface area contributed by atoms with E-state index in [2.05, 4.69) is 39.1 Å². The number of aliphatic hydroxyl groups excluding tert-OH is 1. The molecule has 0 aromatic heterocycles. The molecule has 4 N–H and O–H groups in total. The molecular formula is C27H42N2O3. The van der Waals surface area contributed by atoms with E-state index in [0.717, 1.165) is 44.9 Å². The maximum absolute atomic E-state index is 13.9. The molecule has 10 atom stereocenters. The third-order valence-corrected chi connectivity index (χ3v) is 11.4. The molecule has 4 fully saturated rings. The first-order valence-electron chi connectivity index (χ1n) is 13.0. The molecule has 5 rings (SSSR count). The summed E-state index contributed by atoms with van der Waals surface area (Å²) in [7, 11) is 0. The second-order valence-corrected chi connectivity index (χ2v) is 12.9. The molecule has 0 spiro atoms. The molecule has 5 aliphatic carbocycles. The molecule has 178 valence electrons. The van der Waals surface area contributed by atoms with Gasteiger partial charge in [0.2, 0.25) is 0 Å². The first-order valence-corrected chi connectivity index (χ1v) is 13.0. The van der Waals surface area contributed by atoms with Gasteiger partial charge in [-0.3, -0.25) is 4.79 Å². The van der Waals surface area contributed by atoms with Crippen LogP contribution in [0.4, 0.5) is 4.79 Å². The van der Waals surface area contributed by atoms with Gasteiger partial charge in [-0.05, 0) is 104 Å². The zero-order valence-corrected chi connectivity index (χ0v) is 20.3. The second kappa shape index (κ2) is 7.32. The van der Waals surface area contributed by atoms with Crippen LogP contribution in [0.1, 0.15) is 85.5 Å². The Labute approximate surface area is 193 Å². The smallest absolute Gasteiger partial charge is 0.312 e.